The zero-order valence-corrected chi connectivity index (χ0v) is 12.3. The van der Waals surface area contributed by atoms with Crippen molar-refractivity contribution < 1.29 is 14.7 Å². The zero-order valence-electron chi connectivity index (χ0n) is 12.3. The molecule has 0 unspecified atom stereocenters. The maximum atomic E-state index is 12.1. The summed E-state index contributed by atoms with van der Waals surface area (Å²) in [5.74, 6) is 0. The lowest BCUT2D eigenvalue weighted by molar-refractivity contribution is -0.437. The summed E-state index contributed by atoms with van der Waals surface area (Å²) in [6.45, 7) is 3.18. The SMILES string of the molecule is Cc1ccc(N=[N+]([O-])c2cc([N+](=O)[O-])ccc2C)cc1[N+](=O)[O-]. The van der Waals surface area contributed by atoms with Gasteiger partial charge in [0.05, 0.1) is 15.9 Å². The van der Waals surface area contributed by atoms with E-state index < -0.39 is 9.85 Å². The molecule has 23 heavy (non-hydrogen) atoms. The van der Waals surface area contributed by atoms with Gasteiger partial charge in [-0.25, -0.2) is 0 Å². The van der Waals surface area contributed by atoms with Crippen LogP contribution in [0.25, 0.3) is 0 Å². The summed E-state index contributed by atoms with van der Waals surface area (Å²) in [6.07, 6.45) is 0. The van der Waals surface area contributed by atoms with Crippen molar-refractivity contribution in [3.8, 4) is 0 Å². The molecular weight excluding hydrogens is 304 g/mol. The second-order valence-corrected chi connectivity index (χ2v) is 4.83. The van der Waals surface area contributed by atoms with Crippen molar-refractivity contribution in [3.63, 3.8) is 0 Å². The molecule has 118 valence electrons. The number of rotatable bonds is 4. The fourth-order valence-corrected chi connectivity index (χ4v) is 1.93. The van der Waals surface area contributed by atoms with Gasteiger partial charge in [-0.1, -0.05) is 6.07 Å². The Bertz CT molecular complexity index is 832. The largest absolute Gasteiger partial charge is 0.594 e. The third-order valence-corrected chi connectivity index (χ3v) is 3.21. The van der Waals surface area contributed by atoms with Crippen LogP contribution in [0, 0.1) is 39.3 Å². The van der Waals surface area contributed by atoms with Crippen molar-refractivity contribution in [3.05, 3.63) is 73.0 Å². The van der Waals surface area contributed by atoms with Crippen LogP contribution in [-0.4, -0.2) is 14.7 Å². The molecule has 0 aliphatic carbocycles. The van der Waals surface area contributed by atoms with Gasteiger partial charge in [-0.3, -0.25) is 20.2 Å². The van der Waals surface area contributed by atoms with E-state index >= 15 is 0 Å². The van der Waals surface area contributed by atoms with E-state index in [-0.39, 0.29) is 27.6 Å². The molecule has 0 fully saturated rings. The van der Waals surface area contributed by atoms with Gasteiger partial charge in [0.15, 0.2) is 0 Å². The van der Waals surface area contributed by atoms with Crippen molar-refractivity contribution in [2.45, 2.75) is 13.8 Å². The summed E-state index contributed by atoms with van der Waals surface area (Å²) in [6, 6.07) is 7.93. The molecule has 0 saturated heterocycles. The van der Waals surface area contributed by atoms with E-state index in [9.17, 15) is 25.4 Å². The Morgan fingerprint density at radius 2 is 1.43 bits per heavy atom. The minimum Gasteiger partial charge on any atom is -0.594 e. The highest BCUT2D eigenvalue weighted by Gasteiger charge is 2.17. The van der Waals surface area contributed by atoms with E-state index in [1.165, 1.54) is 30.3 Å². The van der Waals surface area contributed by atoms with Crippen molar-refractivity contribution in [2.75, 3.05) is 0 Å². The normalized spacial score (nSPS) is 11.3. The fraction of sp³-hybridized carbons (Fsp3) is 0.143. The van der Waals surface area contributed by atoms with Crippen LogP contribution < -0.4 is 0 Å². The Morgan fingerprint density at radius 1 is 0.826 bits per heavy atom. The van der Waals surface area contributed by atoms with Crippen LogP contribution in [0.5, 0.6) is 0 Å². The monoisotopic (exact) mass is 316 g/mol. The third kappa shape index (κ3) is 3.46. The average molecular weight is 316 g/mol. The van der Waals surface area contributed by atoms with Gasteiger partial charge in [-0.2, -0.15) is 0 Å². The summed E-state index contributed by atoms with van der Waals surface area (Å²) in [5, 5.41) is 37.5. The first-order chi connectivity index (χ1) is 10.8. The van der Waals surface area contributed by atoms with Crippen LogP contribution in [0.3, 0.4) is 0 Å². The maximum Gasteiger partial charge on any atom is 0.276 e. The number of nitrogens with zero attached hydrogens (tertiary/aromatic N) is 4. The number of azo groups is 1. The quantitative estimate of drug-likeness (QED) is 0.364. The molecule has 0 spiro atoms. The lowest BCUT2D eigenvalue weighted by atomic mass is 10.2. The van der Waals surface area contributed by atoms with Gasteiger partial charge < -0.3 is 5.21 Å². The zero-order chi connectivity index (χ0) is 17.1. The lowest BCUT2D eigenvalue weighted by Crippen LogP contribution is -1.96. The van der Waals surface area contributed by atoms with Crippen LogP contribution in [0.2, 0.25) is 0 Å². The standard InChI is InChI=1S/C14H12N4O5/c1-9-4-6-12(17(20)21)8-13(9)16(19)15-11-5-3-10(2)14(7-11)18(22)23/h3-8H,1-2H3. The molecule has 0 heterocycles. The molecule has 0 bridgehead atoms. The fourth-order valence-electron chi connectivity index (χ4n) is 1.93. The first kappa shape index (κ1) is 16.0. The average Bonchev–Trinajstić information content (AvgIpc) is 2.49. The van der Waals surface area contributed by atoms with Crippen molar-refractivity contribution in [2.24, 2.45) is 5.11 Å². The van der Waals surface area contributed by atoms with E-state index in [4.69, 9.17) is 0 Å². The Labute approximate surface area is 130 Å². The van der Waals surface area contributed by atoms with Gasteiger partial charge in [-0.15, -0.1) is 0 Å². The molecule has 2 rings (SSSR count). The molecule has 0 atom stereocenters. The van der Waals surface area contributed by atoms with Crippen molar-refractivity contribution in [1.82, 2.24) is 0 Å². The van der Waals surface area contributed by atoms with Crippen LogP contribution in [0.1, 0.15) is 11.1 Å². The number of aryl methyl sites for hydroxylation is 2. The van der Waals surface area contributed by atoms with Crippen molar-refractivity contribution in [1.29, 1.82) is 0 Å². The third-order valence-electron chi connectivity index (χ3n) is 3.21. The highest BCUT2D eigenvalue weighted by atomic mass is 16.6. The molecule has 0 saturated carbocycles. The van der Waals surface area contributed by atoms with Crippen LogP contribution in [0.15, 0.2) is 41.5 Å². The highest BCUT2D eigenvalue weighted by Crippen LogP contribution is 2.28. The predicted molar refractivity (Wildman–Crippen MR) is 81.0 cm³/mol. The Morgan fingerprint density at radius 3 is 2.04 bits per heavy atom. The van der Waals surface area contributed by atoms with Crippen LogP contribution >= 0.6 is 0 Å². The topological polar surface area (TPSA) is 125 Å². The van der Waals surface area contributed by atoms with E-state index in [1.54, 1.807) is 13.8 Å². The van der Waals surface area contributed by atoms with Gasteiger partial charge >= 0.3 is 0 Å². The molecule has 9 heteroatoms. The molecule has 0 aromatic heterocycles. The Kier molecular flexibility index (Phi) is 4.30. The summed E-state index contributed by atoms with van der Waals surface area (Å²) < 4.78 is 0. The maximum absolute atomic E-state index is 12.1. The van der Waals surface area contributed by atoms with Gasteiger partial charge in [-0.05, 0) is 30.8 Å². The number of nitro groups is 2. The molecule has 0 aliphatic rings. The Hall–Kier alpha value is -3.36. The second kappa shape index (κ2) is 6.18. The van der Waals surface area contributed by atoms with E-state index in [0.717, 1.165) is 6.07 Å². The van der Waals surface area contributed by atoms with E-state index in [0.29, 0.717) is 11.1 Å². The van der Waals surface area contributed by atoms with Gasteiger partial charge in [0.2, 0.25) is 0 Å². The van der Waals surface area contributed by atoms with E-state index in [2.05, 4.69) is 5.11 Å². The number of non-ortho nitro benzene ring substituents is 1. The predicted octanol–water partition coefficient (Wildman–Crippen LogP) is 4.05. The summed E-state index contributed by atoms with van der Waals surface area (Å²) >= 11 is 0. The first-order valence-corrected chi connectivity index (χ1v) is 6.48. The highest BCUT2D eigenvalue weighted by molar-refractivity contribution is 5.52. The number of hydrogen-bond donors (Lipinski definition) is 0. The smallest absolute Gasteiger partial charge is 0.276 e. The lowest BCUT2D eigenvalue weighted by Gasteiger charge is -2.03. The van der Waals surface area contributed by atoms with Gasteiger partial charge in [0.25, 0.3) is 17.1 Å². The van der Waals surface area contributed by atoms with Crippen LogP contribution in [-0.2, 0) is 0 Å². The van der Waals surface area contributed by atoms with Crippen LogP contribution in [0.4, 0.5) is 22.7 Å². The molecule has 2 aromatic rings. The Balaban J connectivity index is 2.48. The van der Waals surface area contributed by atoms with Gasteiger partial charge in [0, 0.05) is 28.4 Å². The summed E-state index contributed by atoms with van der Waals surface area (Å²) in [7, 11) is 0. The second-order valence-electron chi connectivity index (χ2n) is 4.83. The summed E-state index contributed by atoms with van der Waals surface area (Å²) in [5.41, 5.74) is 0.631. The molecule has 0 aliphatic heterocycles. The summed E-state index contributed by atoms with van der Waals surface area (Å²) in [4.78, 5) is 20.7. The molecule has 0 amide bonds. The molecule has 0 radical (unpaired) electrons. The first-order valence-electron chi connectivity index (χ1n) is 6.48. The molecule has 0 N–H and O–H groups in total. The molecule has 2 aromatic carbocycles. The number of benzene rings is 2. The van der Waals surface area contributed by atoms with E-state index in [1.807, 2.05) is 0 Å². The van der Waals surface area contributed by atoms with Gasteiger partial charge in [0.1, 0.15) is 5.69 Å². The number of hydrogen-bond acceptors (Lipinski definition) is 6. The molecule has 9 nitrogen and oxygen atoms in total. The number of nitro benzene ring substituents is 2. The minimum atomic E-state index is -0.618. The molecular formula is C14H12N4O5. The van der Waals surface area contributed by atoms with Crippen molar-refractivity contribution >= 4 is 22.7 Å². The minimum absolute atomic E-state index is 0.00225.